The zero-order valence-corrected chi connectivity index (χ0v) is 40.6. The molecule has 0 aliphatic heterocycles. The van der Waals surface area contributed by atoms with Crippen LogP contribution in [0.1, 0.15) is 155 Å². The van der Waals surface area contributed by atoms with Crippen LogP contribution in [0, 0.1) is 0 Å². The minimum absolute atomic E-state index is 0.0107. The van der Waals surface area contributed by atoms with Gasteiger partial charge in [-0.2, -0.15) is 0 Å². The lowest BCUT2D eigenvalue weighted by Crippen LogP contribution is -2.29. The molecular weight excluding hydrogens is 824 g/mol. The molecule has 0 saturated heterocycles. The molecule has 0 saturated carbocycles. The molecule has 3 N–H and O–H groups in total. The average molecular weight is 911 g/mol. The van der Waals surface area contributed by atoms with E-state index in [2.05, 4.69) is 148 Å². The highest BCUT2D eigenvalue weighted by Crippen LogP contribution is 2.43. The van der Waals surface area contributed by atoms with Gasteiger partial charge < -0.3 is 24.6 Å². The number of aliphatic hydroxyl groups is 2. The Bertz CT molecular complexity index is 1450. The highest BCUT2D eigenvalue weighted by atomic mass is 31.2. The number of unbranched alkanes of at least 4 members (excludes halogenated alkanes) is 8. The molecule has 9 nitrogen and oxygen atoms in total. The van der Waals surface area contributed by atoms with Crippen molar-refractivity contribution >= 4 is 13.8 Å². The normalized spacial score (nSPS) is 15.0. The smallest absolute Gasteiger partial charge is 0.457 e. The maximum Gasteiger partial charge on any atom is 0.472 e. The largest absolute Gasteiger partial charge is 0.472 e. The number of esters is 1. The van der Waals surface area contributed by atoms with Crippen LogP contribution in [0.3, 0.4) is 0 Å². The zero-order valence-electron chi connectivity index (χ0n) is 39.7. The Kier molecular flexibility index (Phi) is 46.4. The number of hydrogen-bond acceptors (Lipinski definition) is 8. The fraction of sp³-hybridized carbons (Fsp3) is 0.574. The number of hydrogen-bond donors (Lipinski definition) is 3. The molecule has 0 bridgehead atoms. The standard InChI is InChI=1S/C54H87O9P/c1-3-5-7-9-11-13-15-17-19-21-23-25-27-29-31-33-35-37-39-41-43-45-47-60-50-53(51-62-64(58,59)61-49-52(56)48-55)63-54(57)46-44-42-40-38-36-34-32-30-28-26-24-22-20-18-16-14-12-10-8-6-4-2/h5-8,11-14,17-20,23-26,29-32,36,38,52-53,55-56H,3-4,9-10,15-16,21-22,27-28,33-35,37,39-51H2,1-2H3,(H,58,59)/b7-5-,8-6-,13-11-,14-12-,19-17-,20-18-,25-23-,26-24-,31-29-,32-30-,38-36-. The van der Waals surface area contributed by atoms with E-state index in [1.165, 1.54) is 12.8 Å². The van der Waals surface area contributed by atoms with Gasteiger partial charge in [0.15, 0.2) is 0 Å². The van der Waals surface area contributed by atoms with Gasteiger partial charge in [0.1, 0.15) is 12.2 Å². The van der Waals surface area contributed by atoms with Crippen LogP contribution in [-0.2, 0) is 27.9 Å². The van der Waals surface area contributed by atoms with Gasteiger partial charge in [-0.15, -0.1) is 0 Å². The number of phosphoric ester groups is 1. The number of aliphatic hydroxyl groups excluding tert-OH is 2. The second kappa shape index (κ2) is 49.0. The molecule has 3 atom stereocenters. The molecule has 3 unspecified atom stereocenters. The summed E-state index contributed by atoms with van der Waals surface area (Å²) in [5.41, 5.74) is 0. The molecule has 10 heteroatoms. The van der Waals surface area contributed by atoms with Crippen molar-refractivity contribution in [3.8, 4) is 0 Å². The summed E-state index contributed by atoms with van der Waals surface area (Å²) in [6.45, 7) is 3.16. The van der Waals surface area contributed by atoms with Gasteiger partial charge in [-0.1, -0.05) is 173 Å². The highest BCUT2D eigenvalue weighted by Gasteiger charge is 2.26. The molecule has 0 aromatic carbocycles. The topological polar surface area (TPSA) is 132 Å². The van der Waals surface area contributed by atoms with Crippen molar-refractivity contribution in [3.05, 3.63) is 134 Å². The van der Waals surface area contributed by atoms with Crippen LogP contribution in [0.4, 0.5) is 0 Å². The predicted octanol–water partition coefficient (Wildman–Crippen LogP) is 14.1. The van der Waals surface area contributed by atoms with Gasteiger partial charge in [0.05, 0.1) is 26.4 Å². The number of allylic oxidation sites excluding steroid dienone is 22. The van der Waals surface area contributed by atoms with Crippen molar-refractivity contribution in [2.75, 3.05) is 33.0 Å². The molecule has 0 radical (unpaired) electrons. The summed E-state index contributed by atoms with van der Waals surface area (Å²) in [5.74, 6) is -0.436. The number of carbonyl (C=O) groups excluding carboxylic acids is 1. The first-order chi connectivity index (χ1) is 31.3. The first kappa shape index (κ1) is 60.6. The quantitative estimate of drug-likeness (QED) is 0.0237. The van der Waals surface area contributed by atoms with Gasteiger partial charge in [0, 0.05) is 13.0 Å². The maximum absolute atomic E-state index is 12.7. The number of ether oxygens (including phenoxy) is 2. The summed E-state index contributed by atoms with van der Waals surface area (Å²) < 4.78 is 33.4. The van der Waals surface area contributed by atoms with E-state index < -0.39 is 45.8 Å². The molecular formula is C54H87O9P. The molecule has 0 amide bonds. The van der Waals surface area contributed by atoms with Gasteiger partial charge in [0.2, 0.25) is 0 Å². The van der Waals surface area contributed by atoms with Crippen LogP contribution in [0.5, 0.6) is 0 Å². The molecule has 0 fully saturated rings. The third-order valence-corrected chi connectivity index (χ3v) is 10.3. The van der Waals surface area contributed by atoms with Gasteiger partial charge in [0.25, 0.3) is 0 Å². The van der Waals surface area contributed by atoms with Crippen molar-refractivity contribution in [2.24, 2.45) is 0 Å². The second-order valence-electron chi connectivity index (χ2n) is 15.4. The lowest BCUT2D eigenvalue weighted by atomic mass is 10.1. The van der Waals surface area contributed by atoms with E-state index in [9.17, 15) is 19.4 Å². The second-order valence-corrected chi connectivity index (χ2v) is 16.8. The van der Waals surface area contributed by atoms with Gasteiger partial charge in [-0.3, -0.25) is 13.8 Å². The van der Waals surface area contributed by atoms with E-state index in [1.807, 2.05) is 0 Å². The van der Waals surface area contributed by atoms with E-state index in [1.54, 1.807) is 0 Å². The Morgan fingerprint density at radius 2 is 0.844 bits per heavy atom. The molecule has 0 heterocycles. The predicted molar refractivity (Wildman–Crippen MR) is 269 cm³/mol. The fourth-order valence-electron chi connectivity index (χ4n) is 5.74. The van der Waals surface area contributed by atoms with Crippen LogP contribution in [0.25, 0.3) is 0 Å². The van der Waals surface area contributed by atoms with E-state index in [0.29, 0.717) is 13.0 Å². The van der Waals surface area contributed by atoms with Crippen molar-refractivity contribution in [2.45, 2.75) is 167 Å². The molecule has 362 valence electrons. The van der Waals surface area contributed by atoms with Crippen molar-refractivity contribution in [1.82, 2.24) is 0 Å². The lowest BCUT2D eigenvalue weighted by molar-refractivity contribution is -0.154. The van der Waals surface area contributed by atoms with Crippen molar-refractivity contribution < 1.29 is 43.0 Å². The van der Waals surface area contributed by atoms with Gasteiger partial charge in [-0.25, -0.2) is 4.57 Å². The number of rotatable bonds is 44. The Morgan fingerprint density at radius 1 is 0.484 bits per heavy atom. The third-order valence-electron chi connectivity index (χ3n) is 9.33. The molecule has 0 aromatic rings. The zero-order chi connectivity index (χ0) is 46.7. The summed E-state index contributed by atoms with van der Waals surface area (Å²) in [6, 6.07) is 0. The van der Waals surface area contributed by atoms with Crippen molar-refractivity contribution in [3.63, 3.8) is 0 Å². The SMILES string of the molecule is CC/C=C\C/C=C\C/C=C\C/C=C\C/C=C\C/C=C\CCCCC(=O)OC(COCCCCCCCC/C=C\C/C=C\C/C=C\C/C=C\C/C=C\CC)COP(=O)(O)OCC(O)CO. The molecule has 0 rings (SSSR count). The summed E-state index contributed by atoms with van der Waals surface area (Å²) in [5, 5.41) is 18.4. The third kappa shape index (κ3) is 48.1. The van der Waals surface area contributed by atoms with Gasteiger partial charge in [-0.05, 0) is 109 Å². The minimum atomic E-state index is -4.55. The van der Waals surface area contributed by atoms with E-state index in [4.69, 9.17) is 23.6 Å². The first-order valence-corrected chi connectivity index (χ1v) is 25.7. The van der Waals surface area contributed by atoms with Crippen molar-refractivity contribution in [1.29, 1.82) is 0 Å². The van der Waals surface area contributed by atoms with E-state index in [0.717, 1.165) is 116 Å². The van der Waals surface area contributed by atoms with Crippen LogP contribution in [0.15, 0.2) is 134 Å². The van der Waals surface area contributed by atoms with Gasteiger partial charge >= 0.3 is 13.8 Å². The average Bonchev–Trinajstić information content (AvgIpc) is 3.29. The van der Waals surface area contributed by atoms with Crippen LogP contribution >= 0.6 is 7.82 Å². The molecule has 0 aromatic heterocycles. The minimum Gasteiger partial charge on any atom is -0.457 e. The van der Waals surface area contributed by atoms with E-state index in [-0.39, 0.29) is 13.0 Å². The van der Waals surface area contributed by atoms with Crippen LogP contribution in [0.2, 0.25) is 0 Å². The Morgan fingerprint density at radius 3 is 1.27 bits per heavy atom. The number of phosphoric acid groups is 1. The monoisotopic (exact) mass is 911 g/mol. The lowest BCUT2D eigenvalue weighted by Gasteiger charge is -2.20. The summed E-state index contributed by atoms with van der Waals surface area (Å²) in [7, 11) is -4.55. The molecule has 64 heavy (non-hydrogen) atoms. The first-order valence-electron chi connectivity index (χ1n) is 24.2. The summed E-state index contributed by atoms with van der Waals surface area (Å²) >= 11 is 0. The Hall–Kier alpha value is -3.40. The fourth-order valence-corrected chi connectivity index (χ4v) is 6.53. The molecule has 0 spiro atoms. The highest BCUT2D eigenvalue weighted by molar-refractivity contribution is 7.47. The van der Waals surface area contributed by atoms with Crippen LogP contribution < -0.4 is 0 Å². The van der Waals surface area contributed by atoms with Crippen LogP contribution in [-0.4, -0.2) is 66.3 Å². The number of carbonyl (C=O) groups is 1. The summed E-state index contributed by atoms with van der Waals surface area (Å²) in [6.07, 6.45) is 67.0. The Labute approximate surface area is 389 Å². The summed E-state index contributed by atoms with van der Waals surface area (Å²) in [4.78, 5) is 22.7. The van der Waals surface area contributed by atoms with E-state index >= 15 is 0 Å². The Balaban J connectivity index is 4.28. The molecule has 0 aliphatic carbocycles. The maximum atomic E-state index is 12.7. The molecule has 0 aliphatic rings.